The normalized spacial score (nSPS) is 9.69. The minimum absolute atomic E-state index is 0.0978. The fourth-order valence-electron chi connectivity index (χ4n) is 1.32. The summed E-state index contributed by atoms with van der Waals surface area (Å²) in [6, 6.07) is 11.7. The molecule has 4 heteroatoms. The molecule has 0 bridgehead atoms. The van der Waals surface area contributed by atoms with E-state index in [1.54, 1.807) is 30.3 Å². The molecule has 2 rings (SSSR count). The Morgan fingerprint density at radius 1 is 1.19 bits per heavy atom. The lowest BCUT2D eigenvalue weighted by atomic mass is 10.1. The summed E-state index contributed by atoms with van der Waals surface area (Å²) < 4.78 is 5.12. The van der Waals surface area contributed by atoms with E-state index in [0.29, 0.717) is 11.3 Å². The third kappa shape index (κ3) is 1.79. The van der Waals surface area contributed by atoms with Crippen LogP contribution in [0.1, 0.15) is 16.1 Å². The van der Waals surface area contributed by atoms with Crippen molar-refractivity contribution in [2.75, 3.05) is 0 Å². The molecule has 0 saturated heterocycles. The average molecular weight is 213 g/mol. The van der Waals surface area contributed by atoms with Crippen molar-refractivity contribution < 1.29 is 14.3 Å². The highest BCUT2D eigenvalue weighted by atomic mass is 16.4. The number of furan rings is 1. The highest BCUT2D eigenvalue weighted by Gasteiger charge is 2.09. The fraction of sp³-hybridized carbons (Fsp3) is 0. The van der Waals surface area contributed by atoms with Crippen molar-refractivity contribution in [2.45, 2.75) is 0 Å². The summed E-state index contributed by atoms with van der Waals surface area (Å²) in [4.78, 5) is 10.6. The number of benzene rings is 1. The van der Waals surface area contributed by atoms with E-state index >= 15 is 0 Å². The lowest BCUT2D eigenvalue weighted by Crippen LogP contribution is -1.91. The average Bonchev–Trinajstić information content (AvgIpc) is 2.78. The van der Waals surface area contributed by atoms with Gasteiger partial charge in [-0.2, -0.15) is 5.26 Å². The minimum Gasteiger partial charge on any atom is -0.475 e. The van der Waals surface area contributed by atoms with Gasteiger partial charge in [-0.25, -0.2) is 4.79 Å². The molecule has 1 N–H and O–H groups in total. The Labute approximate surface area is 91.4 Å². The number of rotatable bonds is 2. The van der Waals surface area contributed by atoms with E-state index in [2.05, 4.69) is 0 Å². The Bertz CT molecular complexity index is 561. The zero-order valence-corrected chi connectivity index (χ0v) is 8.18. The summed E-state index contributed by atoms with van der Waals surface area (Å²) in [5, 5.41) is 17.3. The first-order valence-corrected chi connectivity index (χ1v) is 4.54. The number of nitrogens with zero attached hydrogens (tertiary/aromatic N) is 1. The van der Waals surface area contributed by atoms with Crippen LogP contribution in [-0.2, 0) is 0 Å². The summed E-state index contributed by atoms with van der Waals surface area (Å²) in [5.74, 6) is -0.721. The van der Waals surface area contributed by atoms with Gasteiger partial charge in [-0.3, -0.25) is 0 Å². The molecule has 0 amide bonds. The molecule has 0 fully saturated rings. The van der Waals surface area contributed by atoms with Gasteiger partial charge in [-0.1, -0.05) is 0 Å². The highest BCUT2D eigenvalue weighted by Crippen LogP contribution is 2.22. The summed E-state index contributed by atoms with van der Waals surface area (Å²) in [7, 11) is 0. The molecule has 1 aromatic carbocycles. The highest BCUT2D eigenvalue weighted by molar-refractivity contribution is 5.85. The zero-order valence-electron chi connectivity index (χ0n) is 8.18. The SMILES string of the molecule is N#Cc1ccc(-c2ccc(C(=O)O)o2)cc1. The number of carboxylic acid groups (broad SMARTS) is 1. The molecule has 0 aliphatic rings. The third-order valence-electron chi connectivity index (χ3n) is 2.12. The van der Waals surface area contributed by atoms with Crippen molar-refractivity contribution in [3.05, 3.63) is 47.7 Å². The van der Waals surface area contributed by atoms with Crippen LogP contribution in [0.15, 0.2) is 40.8 Å². The first-order chi connectivity index (χ1) is 7.70. The molecule has 0 aliphatic heterocycles. The molecule has 2 aromatic rings. The van der Waals surface area contributed by atoms with Gasteiger partial charge in [0, 0.05) is 5.56 Å². The lowest BCUT2D eigenvalue weighted by Gasteiger charge is -1.96. The van der Waals surface area contributed by atoms with Crippen molar-refractivity contribution in [2.24, 2.45) is 0 Å². The van der Waals surface area contributed by atoms with Gasteiger partial charge < -0.3 is 9.52 Å². The predicted octanol–water partition coefficient (Wildman–Crippen LogP) is 2.52. The maximum atomic E-state index is 10.6. The van der Waals surface area contributed by atoms with Gasteiger partial charge in [-0.05, 0) is 36.4 Å². The van der Waals surface area contributed by atoms with E-state index in [-0.39, 0.29) is 5.76 Å². The van der Waals surface area contributed by atoms with E-state index < -0.39 is 5.97 Å². The Balaban J connectivity index is 2.36. The third-order valence-corrected chi connectivity index (χ3v) is 2.12. The zero-order chi connectivity index (χ0) is 11.5. The van der Waals surface area contributed by atoms with Crippen molar-refractivity contribution in [3.63, 3.8) is 0 Å². The standard InChI is InChI=1S/C12H7NO3/c13-7-8-1-3-9(4-2-8)10-5-6-11(16-10)12(14)15/h1-6H,(H,14,15). The first kappa shape index (κ1) is 9.99. The van der Waals surface area contributed by atoms with Gasteiger partial charge in [0.25, 0.3) is 0 Å². The van der Waals surface area contributed by atoms with Crippen LogP contribution in [0.4, 0.5) is 0 Å². The maximum absolute atomic E-state index is 10.6. The van der Waals surface area contributed by atoms with E-state index in [1.165, 1.54) is 6.07 Å². The Kier molecular flexibility index (Phi) is 2.44. The monoisotopic (exact) mass is 213 g/mol. The quantitative estimate of drug-likeness (QED) is 0.831. The van der Waals surface area contributed by atoms with Crippen LogP contribution in [0, 0.1) is 11.3 Å². The largest absolute Gasteiger partial charge is 0.475 e. The number of carbonyl (C=O) groups is 1. The predicted molar refractivity (Wildman–Crippen MR) is 55.8 cm³/mol. The lowest BCUT2D eigenvalue weighted by molar-refractivity contribution is 0.0663. The van der Waals surface area contributed by atoms with Crippen molar-refractivity contribution in [1.82, 2.24) is 0 Å². The van der Waals surface area contributed by atoms with E-state index in [9.17, 15) is 4.79 Å². The van der Waals surface area contributed by atoms with Crippen LogP contribution in [-0.4, -0.2) is 11.1 Å². The molecule has 16 heavy (non-hydrogen) atoms. The van der Waals surface area contributed by atoms with Gasteiger partial charge in [0.1, 0.15) is 5.76 Å². The van der Waals surface area contributed by atoms with Crippen LogP contribution in [0.2, 0.25) is 0 Å². The van der Waals surface area contributed by atoms with Gasteiger partial charge >= 0.3 is 5.97 Å². The van der Waals surface area contributed by atoms with Gasteiger partial charge in [0.05, 0.1) is 11.6 Å². The number of nitriles is 1. The van der Waals surface area contributed by atoms with Gasteiger partial charge in [-0.15, -0.1) is 0 Å². The van der Waals surface area contributed by atoms with E-state index in [1.807, 2.05) is 6.07 Å². The van der Waals surface area contributed by atoms with Gasteiger partial charge in [0.15, 0.2) is 0 Å². The molecule has 0 atom stereocenters. The minimum atomic E-state index is -1.10. The van der Waals surface area contributed by atoms with Crippen molar-refractivity contribution in [1.29, 1.82) is 5.26 Å². The van der Waals surface area contributed by atoms with Crippen LogP contribution in [0.3, 0.4) is 0 Å². The molecule has 0 spiro atoms. The van der Waals surface area contributed by atoms with Crippen LogP contribution in [0.5, 0.6) is 0 Å². The second kappa shape index (κ2) is 3.91. The molecule has 0 radical (unpaired) electrons. The summed E-state index contributed by atoms with van der Waals surface area (Å²) in [6.45, 7) is 0. The van der Waals surface area contributed by atoms with Crippen LogP contribution < -0.4 is 0 Å². The number of hydrogen-bond acceptors (Lipinski definition) is 3. The number of hydrogen-bond donors (Lipinski definition) is 1. The van der Waals surface area contributed by atoms with Gasteiger partial charge in [0.2, 0.25) is 5.76 Å². The second-order valence-electron chi connectivity index (χ2n) is 3.16. The molecule has 1 aromatic heterocycles. The molecule has 4 nitrogen and oxygen atoms in total. The van der Waals surface area contributed by atoms with Crippen molar-refractivity contribution in [3.8, 4) is 17.4 Å². The number of aromatic carboxylic acids is 1. The maximum Gasteiger partial charge on any atom is 0.371 e. The first-order valence-electron chi connectivity index (χ1n) is 4.54. The number of carboxylic acids is 1. The molecular formula is C12H7NO3. The second-order valence-corrected chi connectivity index (χ2v) is 3.16. The molecular weight excluding hydrogens is 206 g/mol. The fourth-order valence-corrected chi connectivity index (χ4v) is 1.32. The van der Waals surface area contributed by atoms with Crippen LogP contribution >= 0.6 is 0 Å². The molecule has 1 heterocycles. The Hall–Kier alpha value is -2.54. The smallest absolute Gasteiger partial charge is 0.371 e. The Morgan fingerprint density at radius 2 is 1.88 bits per heavy atom. The molecule has 0 aliphatic carbocycles. The molecule has 0 unspecified atom stereocenters. The molecule has 0 saturated carbocycles. The summed E-state index contributed by atoms with van der Waals surface area (Å²) >= 11 is 0. The van der Waals surface area contributed by atoms with E-state index in [4.69, 9.17) is 14.8 Å². The summed E-state index contributed by atoms with van der Waals surface area (Å²) in [6.07, 6.45) is 0. The van der Waals surface area contributed by atoms with Crippen molar-refractivity contribution >= 4 is 5.97 Å². The topological polar surface area (TPSA) is 74.2 Å². The summed E-state index contributed by atoms with van der Waals surface area (Å²) in [5.41, 5.74) is 1.29. The Morgan fingerprint density at radius 3 is 2.38 bits per heavy atom. The van der Waals surface area contributed by atoms with Crippen LogP contribution in [0.25, 0.3) is 11.3 Å². The van der Waals surface area contributed by atoms with E-state index in [0.717, 1.165) is 5.56 Å². The molecule has 78 valence electrons.